The van der Waals surface area contributed by atoms with Gasteiger partial charge in [-0.25, -0.2) is 0 Å². The minimum absolute atomic E-state index is 0.0267. The number of aliphatic hydroxyl groups is 1. The molecule has 122 valence electrons. The van der Waals surface area contributed by atoms with Crippen molar-refractivity contribution in [2.45, 2.75) is 33.1 Å². The van der Waals surface area contributed by atoms with E-state index >= 15 is 0 Å². The minimum atomic E-state index is 0.0267. The highest BCUT2D eigenvalue weighted by Crippen LogP contribution is 2.29. The lowest BCUT2D eigenvalue weighted by atomic mass is 9.85. The molecule has 0 spiro atoms. The third-order valence-electron chi connectivity index (χ3n) is 4.34. The van der Waals surface area contributed by atoms with Crippen molar-refractivity contribution in [2.75, 3.05) is 44.2 Å². The molecule has 0 atom stereocenters. The Morgan fingerprint density at radius 2 is 1.77 bits per heavy atom. The SMILES string of the molecule is CC(=O)c1cc(N2CCN(CCO)CC2)cc(C(C)(C)C)c1. The van der Waals surface area contributed by atoms with Crippen LogP contribution in [0.3, 0.4) is 0 Å². The first-order valence-electron chi connectivity index (χ1n) is 8.06. The van der Waals surface area contributed by atoms with Gasteiger partial charge in [-0.1, -0.05) is 20.8 Å². The maximum Gasteiger partial charge on any atom is 0.159 e. The molecule has 4 nitrogen and oxygen atoms in total. The van der Waals surface area contributed by atoms with Crippen LogP contribution in [-0.2, 0) is 5.41 Å². The summed E-state index contributed by atoms with van der Waals surface area (Å²) in [6.45, 7) is 12.9. The molecule has 0 unspecified atom stereocenters. The zero-order valence-corrected chi connectivity index (χ0v) is 14.2. The lowest BCUT2D eigenvalue weighted by Crippen LogP contribution is -2.47. The van der Waals surface area contributed by atoms with Crippen molar-refractivity contribution in [2.24, 2.45) is 0 Å². The number of nitrogens with zero attached hydrogens (tertiary/aromatic N) is 2. The molecule has 1 heterocycles. The van der Waals surface area contributed by atoms with Crippen LogP contribution in [0, 0.1) is 0 Å². The van der Waals surface area contributed by atoms with Crippen molar-refractivity contribution in [3.05, 3.63) is 29.3 Å². The van der Waals surface area contributed by atoms with E-state index in [1.54, 1.807) is 6.92 Å². The predicted octanol–water partition coefficient (Wildman–Crippen LogP) is 2.30. The Morgan fingerprint density at radius 3 is 2.27 bits per heavy atom. The molecule has 1 aromatic rings. The molecule has 0 amide bonds. The first-order chi connectivity index (χ1) is 10.3. The molecular formula is C18H28N2O2. The Labute approximate surface area is 133 Å². The van der Waals surface area contributed by atoms with E-state index in [-0.39, 0.29) is 17.8 Å². The molecule has 1 N–H and O–H groups in total. The number of hydrogen-bond donors (Lipinski definition) is 1. The summed E-state index contributed by atoms with van der Waals surface area (Å²) in [5, 5.41) is 9.03. The van der Waals surface area contributed by atoms with E-state index in [4.69, 9.17) is 5.11 Å². The van der Waals surface area contributed by atoms with Gasteiger partial charge in [0, 0.05) is 44.0 Å². The summed E-state index contributed by atoms with van der Waals surface area (Å²) < 4.78 is 0. The first kappa shape index (κ1) is 17.0. The zero-order valence-electron chi connectivity index (χ0n) is 14.2. The smallest absolute Gasteiger partial charge is 0.159 e. The van der Waals surface area contributed by atoms with Crippen molar-refractivity contribution < 1.29 is 9.90 Å². The van der Waals surface area contributed by atoms with Gasteiger partial charge in [0.1, 0.15) is 0 Å². The molecule has 0 aliphatic carbocycles. The topological polar surface area (TPSA) is 43.8 Å². The highest BCUT2D eigenvalue weighted by molar-refractivity contribution is 5.95. The summed E-state index contributed by atoms with van der Waals surface area (Å²) in [4.78, 5) is 16.5. The van der Waals surface area contributed by atoms with Crippen molar-refractivity contribution in [3.8, 4) is 0 Å². The lowest BCUT2D eigenvalue weighted by molar-refractivity contribution is 0.101. The number of aliphatic hydroxyl groups excluding tert-OH is 1. The monoisotopic (exact) mass is 304 g/mol. The average Bonchev–Trinajstić information content (AvgIpc) is 2.47. The Hall–Kier alpha value is -1.39. The van der Waals surface area contributed by atoms with E-state index in [2.05, 4.69) is 36.6 Å². The normalized spacial score (nSPS) is 16.9. The predicted molar refractivity (Wildman–Crippen MR) is 90.9 cm³/mol. The van der Waals surface area contributed by atoms with Gasteiger partial charge < -0.3 is 10.0 Å². The summed E-state index contributed by atoms with van der Waals surface area (Å²) in [5.74, 6) is 0.117. The van der Waals surface area contributed by atoms with E-state index < -0.39 is 0 Å². The number of ketones is 1. The molecule has 0 radical (unpaired) electrons. The third kappa shape index (κ3) is 4.08. The van der Waals surface area contributed by atoms with Gasteiger partial charge in [-0.15, -0.1) is 0 Å². The van der Waals surface area contributed by atoms with Crippen LogP contribution in [0.2, 0.25) is 0 Å². The molecule has 0 aromatic heterocycles. The van der Waals surface area contributed by atoms with Crippen LogP contribution in [-0.4, -0.2) is 55.1 Å². The van der Waals surface area contributed by atoms with Crippen molar-refractivity contribution in [3.63, 3.8) is 0 Å². The summed E-state index contributed by atoms with van der Waals surface area (Å²) in [7, 11) is 0. The summed E-state index contributed by atoms with van der Waals surface area (Å²) >= 11 is 0. The van der Waals surface area contributed by atoms with Gasteiger partial charge in [0.15, 0.2) is 5.78 Å². The molecule has 2 rings (SSSR count). The van der Waals surface area contributed by atoms with Gasteiger partial charge in [0.05, 0.1) is 6.61 Å². The number of benzene rings is 1. The number of Topliss-reactive ketones (excluding diaryl/α,β-unsaturated/α-hetero) is 1. The molecule has 1 aliphatic rings. The Balaban J connectivity index is 2.24. The van der Waals surface area contributed by atoms with Crippen LogP contribution in [0.25, 0.3) is 0 Å². The van der Waals surface area contributed by atoms with Crippen LogP contribution in [0.4, 0.5) is 5.69 Å². The maximum absolute atomic E-state index is 11.8. The maximum atomic E-state index is 11.8. The number of β-amino-alcohol motifs (C(OH)–C–C–N with tert-alkyl or cyclic N) is 1. The number of carbonyl (C=O) groups is 1. The minimum Gasteiger partial charge on any atom is -0.395 e. The fourth-order valence-corrected chi connectivity index (χ4v) is 2.80. The lowest BCUT2D eigenvalue weighted by Gasteiger charge is -2.36. The molecule has 4 heteroatoms. The Morgan fingerprint density at radius 1 is 1.14 bits per heavy atom. The van der Waals surface area contributed by atoms with E-state index in [9.17, 15) is 4.79 Å². The quantitative estimate of drug-likeness (QED) is 0.867. The van der Waals surface area contributed by atoms with Crippen LogP contribution >= 0.6 is 0 Å². The number of carbonyl (C=O) groups excluding carboxylic acids is 1. The van der Waals surface area contributed by atoms with Gasteiger partial charge in [0.25, 0.3) is 0 Å². The molecule has 1 saturated heterocycles. The third-order valence-corrected chi connectivity index (χ3v) is 4.34. The fraction of sp³-hybridized carbons (Fsp3) is 0.611. The zero-order chi connectivity index (χ0) is 16.3. The van der Waals surface area contributed by atoms with Crippen LogP contribution < -0.4 is 4.90 Å². The van der Waals surface area contributed by atoms with Gasteiger partial charge >= 0.3 is 0 Å². The molecule has 22 heavy (non-hydrogen) atoms. The molecule has 1 aromatic carbocycles. The Bertz CT molecular complexity index is 526. The first-order valence-corrected chi connectivity index (χ1v) is 8.06. The summed E-state index contributed by atoms with van der Waals surface area (Å²) in [5.41, 5.74) is 3.16. The second kappa shape index (κ2) is 6.80. The van der Waals surface area contributed by atoms with Crippen molar-refractivity contribution in [1.29, 1.82) is 0 Å². The van der Waals surface area contributed by atoms with Gasteiger partial charge in [-0.2, -0.15) is 0 Å². The van der Waals surface area contributed by atoms with Gasteiger partial charge in [-0.3, -0.25) is 9.69 Å². The summed E-state index contributed by atoms with van der Waals surface area (Å²) in [6.07, 6.45) is 0. The van der Waals surface area contributed by atoms with Crippen LogP contribution in [0.1, 0.15) is 43.6 Å². The molecule has 1 fully saturated rings. The van der Waals surface area contributed by atoms with Crippen LogP contribution in [0.5, 0.6) is 0 Å². The number of hydrogen-bond acceptors (Lipinski definition) is 4. The highest BCUT2D eigenvalue weighted by atomic mass is 16.3. The van der Waals surface area contributed by atoms with E-state index in [1.165, 1.54) is 5.56 Å². The average molecular weight is 304 g/mol. The van der Waals surface area contributed by atoms with Crippen molar-refractivity contribution in [1.82, 2.24) is 4.90 Å². The molecule has 0 bridgehead atoms. The molecule has 0 saturated carbocycles. The van der Waals surface area contributed by atoms with Crippen molar-refractivity contribution >= 4 is 11.5 Å². The highest BCUT2D eigenvalue weighted by Gasteiger charge is 2.21. The Kier molecular flexibility index (Phi) is 5.24. The van der Waals surface area contributed by atoms with E-state index in [1.807, 2.05) is 12.1 Å². The van der Waals surface area contributed by atoms with Gasteiger partial charge in [0.2, 0.25) is 0 Å². The largest absolute Gasteiger partial charge is 0.395 e. The summed E-state index contributed by atoms with van der Waals surface area (Å²) in [6, 6.07) is 6.25. The van der Waals surface area contributed by atoms with Crippen LogP contribution in [0.15, 0.2) is 18.2 Å². The standard InChI is InChI=1S/C18H28N2O2/c1-14(22)15-11-16(18(2,3)4)13-17(12-15)20-7-5-19(6-8-20)9-10-21/h11-13,21H,5-10H2,1-4H3. The fourth-order valence-electron chi connectivity index (χ4n) is 2.80. The number of anilines is 1. The molecular weight excluding hydrogens is 276 g/mol. The number of piperazine rings is 1. The van der Waals surface area contributed by atoms with E-state index in [0.717, 1.165) is 44.0 Å². The molecule has 1 aliphatic heterocycles. The van der Waals surface area contributed by atoms with Gasteiger partial charge in [-0.05, 0) is 36.1 Å². The second-order valence-electron chi connectivity index (χ2n) is 7.13. The van der Waals surface area contributed by atoms with E-state index in [0.29, 0.717) is 0 Å². The number of rotatable bonds is 4. The second-order valence-corrected chi connectivity index (χ2v) is 7.13.